The molecule has 1 fully saturated rings. The van der Waals surface area contributed by atoms with Gasteiger partial charge in [-0.25, -0.2) is 4.98 Å². The highest BCUT2D eigenvalue weighted by Gasteiger charge is 2.17. The molecule has 8 heteroatoms. The minimum Gasteiger partial charge on any atom is -0.346 e. The smallest absolute Gasteiger partial charge is 0.244 e. The van der Waals surface area contributed by atoms with E-state index in [4.69, 9.17) is 0 Å². The van der Waals surface area contributed by atoms with Crippen LogP contribution in [0, 0.1) is 5.92 Å². The molecule has 152 valence electrons. The van der Waals surface area contributed by atoms with Crippen molar-refractivity contribution < 1.29 is 4.79 Å². The molecule has 1 aliphatic carbocycles. The highest BCUT2D eigenvalue weighted by Crippen LogP contribution is 2.29. The van der Waals surface area contributed by atoms with Gasteiger partial charge in [0, 0.05) is 36.0 Å². The number of fused-ring (bicyclic) bond motifs is 2. The van der Waals surface area contributed by atoms with Crippen molar-refractivity contribution in [2.45, 2.75) is 38.5 Å². The molecule has 3 heterocycles. The number of H-pyrrole nitrogens is 1. The minimum absolute atomic E-state index is 0.0281. The van der Waals surface area contributed by atoms with Crippen LogP contribution in [0.3, 0.4) is 0 Å². The Morgan fingerprint density at radius 1 is 1.03 bits per heavy atom. The molecule has 0 saturated heterocycles. The number of nitrogens with zero attached hydrogens (tertiary/aromatic N) is 4. The first-order chi connectivity index (χ1) is 14.8. The van der Waals surface area contributed by atoms with Gasteiger partial charge in [0.1, 0.15) is 5.65 Å². The molecule has 1 saturated carbocycles. The molecule has 4 aromatic rings. The third-order valence-electron chi connectivity index (χ3n) is 5.67. The van der Waals surface area contributed by atoms with Crippen LogP contribution in [0.4, 0.5) is 5.95 Å². The van der Waals surface area contributed by atoms with Crippen molar-refractivity contribution in [2.24, 2.45) is 5.92 Å². The van der Waals surface area contributed by atoms with Gasteiger partial charge in [0.05, 0.1) is 16.7 Å². The molecular weight excluding hydrogens is 378 g/mol. The molecule has 0 bridgehead atoms. The number of amides is 1. The third-order valence-corrected chi connectivity index (χ3v) is 5.67. The van der Waals surface area contributed by atoms with E-state index >= 15 is 0 Å². The summed E-state index contributed by atoms with van der Waals surface area (Å²) in [7, 11) is 0. The fourth-order valence-electron chi connectivity index (χ4n) is 4.16. The van der Waals surface area contributed by atoms with E-state index in [2.05, 4.69) is 35.8 Å². The van der Waals surface area contributed by atoms with Gasteiger partial charge in [-0.05, 0) is 37.0 Å². The summed E-state index contributed by atoms with van der Waals surface area (Å²) in [4.78, 5) is 33.3. The maximum atomic E-state index is 12.3. The Morgan fingerprint density at radius 2 is 1.87 bits per heavy atom. The molecule has 3 aromatic heterocycles. The largest absolute Gasteiger partial charge is 0.346 e. The quantitative estimate of drug-likeness (QED) is 0.437. The highest BCUT2D eigenvalue weighted by molar-refractivity contribution is 5.94. The SMILES string of the molecule is O=C(CC1CCCCC1)NNc1nc(-c2ccc3nccnc3c2)c2cc[nH]c2n1. The Labute approximate surface area is 173 Å². The normalized spacial score (nSPS) is 14.8. The van der Waals surface area contributed by atoms with Gasteiger partial charge in [0.25, 0.3) is 0 Å². The Bertz CT molecular complexity index is 1200. The summed E-state index contributed by atoms with van der Waals surface area (Å²) in [5, 5.41) is 0.900. The van der Waals surface area contributed by atoms with E-state index in [1.807, 2.05) is 30.5 Å². The van der Waals surface area contributed by atoms with Crippen molar-refractivity contribution in [2.75, 3.05) is 5.43 Å². The summed E-state index contributed by atoms with van der Waals surface area (Å²) >= 11 is 0. The molecule has 0 spiro atoms. The number of carbonyl (C=O) groups is 1. The van der Waals surface area contributed by atoms with Crippen LogP contribution >= 0.6 is 0 Å². The summed E-state index contributed by atoms with van der Waals surface area (Å²) in [6.07, 6.45) is 11.7. The van der Waals surface area contributed by atoms with Gasteiger partial charge in [0.15, 0.2) is 0 Å². The van der Waals surface area contributed by atoms with Crippen molar-refractivity contribution in [1.82, 2.24) is 30.3 Å². The number of benzene rings is 1. The second-order valence-electron chi connectivity index (χ2n) is 7.78. The number of hydrogen-bond donors (Lipinski definition) is 3. The van der Waals surface area contributed by atoms with E-state index in [-0.39, 0.29) is 5.91 Å². The maximum absolute atomic E-state index is 12.3. The van der Waals surface area contributed by atoms with Gasteiger partial charge >= 0.3 is 0 Å². The molecular formula is C22H23N7O. The number of hydrogen-bond acceptors (Lipinski definition) is 6. The van der Waals surface area contributed by atoms with Gasteiger partial charge in [-0.2, -0.15) is 4.98 Å². The van der Waals surface area contributed by atoms with Crippen molar-refractivity contribution in [3.05, 3.63) is 42.9 Å². The summed E-state index contributed by atoms with van der Waals surface area (Å²) in [6, 6.07) is 7.80. The first-order valence-corrected chi connectivity index (χ1v) is 10.4. The van der Waals surface area contributed by atoms with Gasteiger partial charge in [0.2, 0.25) is 11.9 Å². The van der Waals surface area contributed by atoms with Crippen LogP contribution in [-0.4, -0.2) is 30.8 Å². The molecule has 30 heavy (non-hydrogen) atoms. The van der Waals surface area contributed by atoms with Crippen molar-refractivity contribution in [1.29, 1.82) is 0 Å². The van der Waals surface area contributed by atoms with Crippen LogP contribution in [0.15, 0.2) is 42.9 Å². The summed E-state index contributed by atoms with van der Waals surface area (Å²) in [5.41, 5.74) is 9.65. The van der Waals surface area contributed by atoms with Crippen LogP contribution < -0.4 is 10.9 Å². The van der Waals surface area contributed by atoms with Crippen molar-refractivity contribution >= 4 is 33.9 Å². The average molecular weight is 401 g/mol. The molecule has 0 radical (unpaired) electrons. The summed E-state index contributed by atoms with van der Waals surface area (Å²) in [6.45, 7) is 0. The lowest BCUT2D eigenvalue weighted by Gasteiger charge is -2.20. The van der Waals surface area contributed by atoms with E-state index in [0.717, 1.165) is 40.5 Å². The highest BCUT2D eigenvalue weighted by atomic mass is 16.2. The number of carbonyl (C=O) groups excluding carboxylic acids is 1. The van der Waals surface area contributed by atoms with E-state index in [0.29, 0.717) is 23.9 Å². The molecule has 5 rings (SSSR count). The number of aromatic amines is 1. The molecule has 1 aliphatic rings. The second kappa shape index (κ2) is 8.06. The lowest BCUT2D eigenvalue weighted by molar-refractivity contribution is -0.121. The molecule has 0 atom stereocenters. The standard InChI is InChI=1S/C22H23N7O/c30-19(12-14-4-2-1-3-5-14)28-29-22-26-20(16-8-9-25-21(16)27-22)15-6-7-17-18(13-15)24-11-10-23-17/h6-11,13-14H,1-5,12H2,(H,28,30)(H2,25,26,27,29). The van der Waals surface area contributed by atoms with Crippen LogP contribution in [0.2, 0.25) is 0 Å². The Kier molecular flexibility index (Phi) is 4.96. The van der Waals surface area contributed by atoms with Gasteiger partial charge in [-0.3, -0.25) is 25.6 Å². The van der Waals surface area contributed by atoms with E-state index in [1.54, 1.807) is 12.4 Å². The first kappa shape index (κ1) is 18.5. The number of hydrazine groups is 1. The maximum Gasteiger partial charge on any atom is 0.244 e. The first-order valence-electron chi connectivity index (χ1n) is 10.4. The number of nitrogens with one attached hydrogen (secondary N) is 3. The van der Waals surface area contributed by atoms with Gasteiger partial charge in [-0.15, -0.1) is 0 Å². The molecule has 1 aromatic carbocycles. The zero-order valence-electron chi connectivity index (χ0n) is 16.6. The van der Waals surface area contributed by atoms with Crippen LogP contribution in [-0.2, 0) is 4.79 Å². The second-order valence-corrected chi connectivity index (χ2v) is 7.78. The monoisotopic (exact) mass is 401 g/mol. The van der Waals surface area contributed by atoms with Crippen LogP contribution in [0.25, 0.3) is 33.3 Å². The minimum atomic E-state index is -0.0281. The lowest BCUT2D eigenvalue weighted by atomic mass is 9.87. The third kappa shape index (κ3) is 3.80. The topological polar surface area (TPSA) is 108 Å². The predicted octanol–water partition coefficient (Wildman–Crippen LogP) is 3.98. The molecule has 8 nitrogen and oxygen atoms in total. The van der Waals surface area contributed by atoms with Gasteiger partial charge in [-0.1, -0.05) is 25.3 Å². The molecule has 0 aliphatic heterocycles. The fraction of sp³-hybridized carbons (Fsp3) is 0.318. The predicted molar refractivity (Wildman–Crippen MR) is 115 cm³/mol. The van der Waals surface area contributed by atoms with Crippen molar-refractivity contribution in [3.8, 4) is 11.3 Å². The van der Waals surface area contributed by atoms with E-state index in [1.165, 1.54) is 19.3 Å². The average Bonchev–Trinajstić information content (AvgIpc) is 3.26. The van der Waals surface area contributed by atoms with Crippen LogP contribution in [0.5, 0.6) is 0 Å². The molecule has 0 unspecified atom stereocenters. The Morgan fingerprint density at radius 3 is 2.73 bits per heavy atom. The van der Waals surface area contributed by atoms with E-state index in [9.17, 15) is 4.79 Å². The Hall–Kier alpha value is -3.55. The van der Waals surface area contributed by atoms with E-state index < -0.39 is 0 Å². The molecule has 1 amide bonds. The Balaban J connectivity index is 1.39. The lowest BCUT2D eigenvalue weighted by Crippen LogP contribution is -2.32. The number of aromatic nitrogens is 5. The fourth-order valence-corrected chi connectivity index (χ4v) is 4.16. The summed E-state index contributed by atoms with van der Waals surface area (Å²) in [5.74, 6) is 0.789. The number of anilines is 1. The molecule has 3 N–H and O–H groups in total. The summed E-state index contributed by atoms with van der Waals surface area (Å²) < 4.78 is 0. The zero-order valence-corrected chi connectivity index (χ0v) is 16.6. The number of rotatable bonds is 5. The zero-order chi connectivity index (χ0) is 20.3. The van der Waals surface area contributed by atoms with Crippen LogP contribution in [0.1, 0.15) is 38.5 Å². The van der Waals surface area contributed by atoms with Crippen molar-refractivity contribution in [3.63, 3.8) is 0 Å². The van der Waals surface area contributed by atoms with Gasteiger partial charge < -0.3 is 4.98 Å².